The van der Waals surface area contributed by atoms with Gasteiger partial charge < -0.3 is 0 Å². The molecule has 17 heavy (non-hydrogen) atoms. The van der Waals surface area contributed by atoms with Crippen molar-refractivity contribution in [1.82, 2.24) is 0 Å². The molecule has 1 unspecified atom stereocenters. The highest BCUT2D eigenvalue weighted by Gasteiger charge is 2.35. The molecule has 0 fully saturated rings. The van der Waals surface area contributed by atoms with Crippen molar-refractivity contribution in [3.63, 3.8) is 0 Å². The summed E-state index contributed by atoms with van der Waals surface area (Å²) in [6.07, 6.45) is 2.20. The van der Waals surface area contributed by atoms with Gasteiger partial charge in [0.25, 0.3) is 6.17 Å². The van der Waals surface area contributed by atoms with Crippen LogP contribution in [0.3, 0.4) is 0 Å². The standard InChI is InChI=1S/C15H15N2/c1-10-8-14-12-6-4-5-7-13(12)15(16-3)17(14)9-11(10)2/h4-9,15H,3H2,1-2H3/q+1. The third-order valence-corrected chi connectivity index (χ3v) is 3.54. The molecule has 0 bridgehead atoms. The van der Waals surface area contributed by atoms with Crippen molar-refractivity contribution < 1.29 is 4.57 Å². The molecule has 0 amide bonds. The molecule has 0 saturated heterocycles. The third kappa shape index (κ3) is 1.34. The van der Waals surface area contributed by atoms with E-state index in [-0.39, 0.29) is 6.17 Å². The Morgan fingerprint density at radius 1 is 1.18 bits per heavy atom. The predicted octanol–water partition coefficient (Wildman–Crippen LogP) is 2.82. The molecule has 0 aliphatic carbocycles. The second-order valence-electron chi connectivity index (χ2n) is 4.58. The van der Waals surface area contributed by atoms with Crippen LogP contribution in [0.2, 0.25) is 0 Å². The topological polar surface area (TPSA) is 16.2 Å². The lowest BCUT2D eigenvalue weighted by Crippen LogP contribution is -2.37. The molecule has 3 rings (SSSR count). The van der Waals surface area contributed by atoms with Gasteiger partial charge in [-0.25, -0.2) is 4.99 Å². The molecule has 2 aromatic rings. The van der Waals surface area contributed by atoms with E-state index in [1.807, 2.05) is 0 Å². The van der Waals surface area contributed by atoms with Gasteiger partial charge in [-0.1, -0.05) is 12.1 Å². The van der Waals surface area contributed by atoms with Gasteiger partial charge in [0.1, 0.15) is 0 Å². The minimum atomic E-state index is 0.0282. The summed E-state index contributed by atoms with van der Waals surface area (Å²) in [4.78, 5) is 4.25. The number of aromatic nitrogens is 1. The molecule has 84 valence electrons. The lowest BCUT2D eigenvalue weighted by Gasteiger charge is -2.03. The van der Waals surface area contributed by atoms with Crippen LogP contribution in [0.4, 0.5) is 0 Å². The lowest BCUT2D eigenvalue weighted by atomic mass is 10.0. The fraction of sp³-hybridized carbons (Fsp3) is 0.200. The number of hydrogen-bond acceptors (Lipinski definition) is 1. The average molecular weight is 223 g/mol. The lowest BCUT2D eigenvalue weighted by molar-refractivity contribution is -0.696. The van der Waals surface area contributed by atoms with Crippen LogP contribution >= 0.6 is 0 Å². The van der Waals surface area contributed by atoms with E-state index in [2.05, 4.69) is 66.7 Å². The number of pyridine rings is 1. The highest BCUT2D eigenvalue weighted by Crippen LogP contribution is 2.34. The van der Waals surface area contributed by atoms with E-state index in [0.717, 1.165) is 0 Å². The van der Waals surface area contributed by atoms with Gasteiger partial charge >= 0.3 is 0 Å². The quantitative estimate of drug-likeness (QED) is 0.522. The van der Waals surface area contributed by atoms with E-state index >= 15 is 0 Å². The monoisotopic (exact) mass is 223 g/mol. The van der Waals surface area contributed by atoms with Crippen molar-refractivity contribution in [3.05, 3.63) is 53.2 Å². The Balaban J connectivity index is 2.35. The second kappa shape index (κ2) is 3.52. The fourth-order valence-corrected chi connectivity index (χ4v) is 2.48. The van der Waals surface area contributed by atoms with Crippen molar-refractivity contribution in [2.45, 2.75) is 20.0 Å². The van der Waals surface area contributed by atoms with Crippen molar-refractivity contribution in [3.8, 4) is 11.3 Å². The average Bonchev–Trinajstić information content (AvgIpc) is 2.63. The molecule has 1 atom stereocenters. The molecular formula is C15H15N2+. The zero-order valence-corrected chi connectivity index (χ0v) is 10.1. The molecule has 1 aliphatic rings. The summed E-state index contributed by atoms with van der Waals surface area (Å²) in [6.45, 7) is 8.00. The first-order chi connectivity index (χ1) is 8.22. The van der Waals surface area contributed by atoms with E-state index in [1.165, 1.54) is 27.9 Å². The second-order valence-corrected chi connectivity index (χ2v) is 4.58. The molecule has 1 aliphatic heterocycles. The minimum Gasteiger partial charge on any atom is -0.229 e. The van der Waals surface area contributed by atoms with Crippen LogP contribution in [0.5, 0.6) is 0 Å². The summed E-state index contributed by atoms with van der Waals surface area (Å²) in [5.41, 5.74) is 6.35. The van der Waals surface area contributed by atoms with Gasteiger partial charge in [0.05, 0.1) is 11.1 Å². The van der Waals surface area contributed by atoms with Gasteiger partial charge in [0.15, 0.2) is 6.20 Å². The normalized spacial score (nSPS) is 16.5. The summed E-state index contributed by atoms with van der Waals surface area (Å²) in [5.74, 6) is 0. The molecule has 0 saturated carbocycles. The third-order valence-electron chi connectivity index (χ3n) is 3.54. The maximum Gasteiger partial charge on any atom is 0.277 e. The summed E-state index contributed by atoms with van der Waals surface area (Å²) in [6, 6.07) is 10.7. The number of aryl methyl sites for hydroxylation is 2. The number of fused-ring (bicyclic) bond motifs is 3. The van der Waals surface area contributed by atoms with E-state index in [9.17, 15) is 0 Å². The van der Waals surface area contributed by atoms with Gasteiger partial charge in [0.2, 0.25) is 5.69 Å². The van der Waals surface area contributed by atoms with E-state index in [0.29, 0.717) is 0 Å². The summed E-state index contributed by atoms with van der Waals surface area (Å²) in [5, 5.41) is 0. The highest BCUT2D eigenvalue weighted by molar-refractivity contribution is 5.65. The number of aliphatic imine (C=N–C) groups is 1. The number of rotatable bonds is 1. The summed E-state index contributed by atoms with van der Waals surface area (Å²) >= 11 is 0. The van der Waals surface area contributed by atoms with Crippen molar-refractivity contribution in [2.75, 3.05) is 0 Å². The van der Waals surface area contributed by atoms with Gasteiger partial charge in [-0.15, -0.1) is 0 Å². The zero-order chi connectivity index (χ0) is 12.0. The zero-order valence-electron chi connectivity index (χ0n) is 10.1. The first-order valence-electron chi connectivity index (χ1n) is 5.80. The molecule has 2 heteroatoms. The Morgan fingerprint density at radius 2 is 1.94 bits per heavy atom. The highest BCUT2D eigenvalue weighted by atomic mass is 15.1. The van der Waals surface area contributed by atoms with Crippen LogP contribution in [-0.2, 0) is 0 Å². The Hall–Kier alpha value is -1.96. The maximum atomic E-state index is 4.25. The minimum absolute atomic E-state index is 0.0282. The van der Waals surface area contributed by atoms with Crippen LogP contribution in [0.1, 0.15) is 22.9 Å². The molecule has 1 aromatic heterocycles. The van der Waals surface area contributed by atoms with E-state index < -0.39 is 0 Å². The van der Waals surface area contributed by atoms with E-state index in [1.54, 1.807) is 0 Å². The summed E-state index contributed by atoms with van der Waals surface area (Å²) in [7, 11) is 0. The number of nitrogens with zero attached hydrogens (tertiary/aromatic N) is 2. The molecule has 2 heterocycles. The Labute approximate surface area is 101 Å². The molecule has 2 nitrogen and oxygen atoms in total. The first-order valence-corrected chi connectivity index (χ1v) is 5.80. The number of hydrogen-bond donors (Lipinski definition) is 0. The van der Waals surface area contributed by atoms with Crippen LogP contribution in [0, 0.1) is 13.8 Å². The Kier molecular flexibility index (Phi) is 2.11. The van der Waals surface area contributed by atoms with Gasteiger partial charge in [-0.2, -0.15) is 4.57 Å². The van der Waals surface area contributed by atoms with Gasteiger partial charge in [0, 0.05) is 11.6 Å². The molecule has 1 aromatic carbocycles. The van der Waals surface area contributed by atoms with Crippen molar-refractivity contribution in [2.24, 2.45) is 4.99 Å². The summed E-state index contributed by atoms with van der Waals surface area (Å²) < 4.78 is 2.21. The predicted molar refractivity (Wildman–Crippen MR) is 69.2 cm³/mol. The van der Waals surface area contributed by atoms with Gasteiger partial charge in [-0.05, 0) is 38.3 Å². The maximum absolute atomic E-state index is 4.25. The SMILES string of the molecule is C=NC1c2ccccc2-c2cc(C)c(C)c[n+]21. The van der Waals surface area contributed by atoms with Crippen LogP contribution < -0.4 is 4.57 Å². The smallest absolute Gasteiger partial charge is 0.229 e. The van der Waals surface area contributed by atoms with Crippen LogP contribution in [0.15, 0.2) is 41.5 Å². The van der Waals surface area contributed by atoms with Crippen LogP contribution in [-0.4, -0.2) is 6.72 Å². The molecule has 0 radical (unpaired) electrons. The first kappa shape index (κ1) is 10.2. The van der Waals surface area contributed by atoms with Crippen molar-refractivity contribution >= 4 is 6.72 Å². The van der Waals surface area contributed by atoms with Crippen LogP contribution in [0.25, 0.3) is 11.3 Å². The molecular weight excluding hydrogens is 208 g/mol. The largest absolute Gasteiger partial charge is 0.277 e. The Bertz CT molecular complexity index is 614. The molecule has 0 N–H and O–H groups in total. The fourth-order valence-electron chi connectivity index (χ4n) is 2.48. The van der Waals surface area contributed by atoms with Crippen molar-refractivity contribution in [1.29, 1.82) is 0 Å². The van der Waals surface area contributed by atoms with E-state index in [4.69, 9.17) is 0 Å². The number of benzene rings is 1. The molecule has 0 spiro atoms. The van der Waals surface area contributed by atoms with Gasteiger partial charge in [-0.3, -0.25) is 0 Å². The Morgan fingerprint density at radius 3 is 2.71 bits per heavy atom.